The molecule has 0 radical (unpaired) electrons. The van der Waals surface area contributed by atoms with Gasteiger partial charge in [-0.2, -0.15) is 0 Å². The second-order valence-electron chi connectivity index (χ2n) is 5.35. The average Bonchev–Trinajstić information content (AvgIpc) is 3.32. The second-order valence-corrected chi connectivity index (χ2v) is 5.35. The fraction of sp³-hybridized carbons (Fsp3) is 0.389. The van der Waals surface area contributed by atoms with E-state index in [4.69, 9.17) is 4.74 Å². The molecule has 0 amide bonds. The third-order valence-electron chi connectivity index (χ3n) is 3.98. The number of aliphatic imine (C=N–C) groups is 1. The number of ether oxygens (including phenoxy) is 1. The van der Waals surface area contributed by atoms with E-state index in [1.165, 1.54) is 18.4 Å². The molecular weight excluding hydrogens is 246 g/mol. The monoisotopic (exact) mass is 269 g/mol. The number of hydrogen-bond donors (Lipinski definition) is 0. The molecule has 2 heteroatoms. The van der Waals surface area contributed by atoms with Gasteiger partial charge in [0, 0.05) is 6.21 Å². The summed E-state index contributed by atoms with van der Waals surface area (Å²) < 4.78 is 5.15. The van der Waals surface area contributed by atoms with Gasteiger partial charge < -0.3 is 4.74 Å². The Morgan fingerprint density at radius 1 is 1.35 bits per heavy atom. The van der Waals surface area contributed by atoms with Gasteiger partial charge in [-0.15, -0.1) is 0 Å². The van der Waals surface area contributed by atoms with E-state index in [1.54, 1.807) is 7.11 Å². The van der Waals surface area contributed by atoms with Crippen molar-refractivity contribution in [2.75, 3.05) is 7.11 Å². The number of benzene rings is 1. The van der Waals surface area contributed by atoms with E-state index in [0.29, 0.717) is 5.92 Å². The first-order chi connectivity index (χ1) is 9.65. The standard InChI is InChI=1S/C18H23NO/c1-5-15(13(2)16-6-7-16)12-19-14(3)17-8-10-18(20-4)11-9-17/h5,8-13,16H,3,6-7H2,1-2,4H3/b15-5+,19-12?. The van der Waals surface area contributed by atoms with Gasteiger partial charge in [-0.1, -0.05) is 19.6 Å². The van der Waals surface area contributed by atoms with Crippen LogP contribution in [0.15, 0.2) is 47.5 Å². The number of nitrogens with zero attached hydrogens (tertiary/aromatic N) is 1. The third-order valence-corrected chi connectivity index (χ3v) is 3.98. The number of hydrogen-bond acceptors (Lipinski definition) is 2. The van der Waals surface area contributed by atoms with Gasteiger partial charge in [0.1, 0.15) is 5.75 Å². The molecule has 1 saturated carbocycles. The molecule has 0 spiro atoms. The summed E-state index contributed by atoms with van der Waals surface area (Å²) in [5.41, 5.74) is 3.12. The molecular formula is C18H23NO. The minimum Gasteiger partial charge on any atom is -0.497 e. The quantitative estimate of drug-likeness (QED) is 0.684. The fourth-order valence-corrected chi connectivity index (χ4v) is 2.33. The molecule has 20 heavy (non-hydrogen) atoms. The first kappa shape index (κ1) is 14.6. The molecule has 1 fully saturated rings. The second kappa shape index (κ2) is 6.56. The molecule has 1 aromatic rings. The summed E-state index contributed by atoms with van der Waals surface area (Å²) in [4.78, 5) is 4.52. The van der Waals surface area contributed by atoms with Gasteiger partial charge in [0.05, 0.1) is 12.8 Å². The van der Waals surface area contributed by atoms with Crippen molar-refractivity contribution in [2.24, 2.45) is 16.8 Å². The normalized spacial score (nSPS) is 17.2. The lowest BCUT2D eigenvalue weighted by Gasteiger charge is -2.10. The van der Waals surface area contributed by atoms with Crippen molar-refractivity contribution in [1.82, 2.24) is 0 Å². The van der Waals surface area contributed by atoms with Crippen LogP contribution in [0.5, 0.6) is 5.75 Å². The molecule has 1 atom stereocenters. The van der Waals surface area contributed by atoms with Gasteiger partial charge in [0.25, 0.3) is 0 Å². The maximum Gasteiger partial charge on any atom is 0.118 e. The first-order valence-corrected chi connectivity index (χ1v) is 7.19. The first-order valence-electron chi connectivity index (χ1n) is 7.19. The molecule has 1 aliphatic carbocycles. The van der Waals surface area contributed by atoms with Crippen molar-refractivity contribution in [2.45, 2.75) is 26.7 Å². The van der Waals surface area contributed by atoms with Crippen LogP contribution in [0.25, 0.3) is 5.70 Å². The maximum absolute atomic E-state index is 5.15. The number of allylic oxidation sites excluding steroid dienone is 2. The summed E-state index contributed by atoms with van der Waals surface area (Å²) in [5, 5.41) is 0. The molecule has 0 saturated heterocycles. The lowest BCUT2D eigenvalue weighted by atomic mass is 9.97. The van der Waals surface area contributed by atoms with Gasteiger partial charge in [-0.3, -0.25) is 4.99 Å². The van der Waals surface area contributed by atoms with Crippen molar-refractivity contribution in [1.29, 1.82) is 0 Å². The Labute approximate surface area is 121 Å². The lowest BCUT2D eigenvalue weighted by Crippen LogP contribution is -2.02. The number of rotatable bonds is 6. The zero-order valence-electron chi connectivity index (χ0n) is 12.6. The van der Waals surface area contributed by atoms with Crippen LogP contribution in [0.2, 0.25) is 0 Å². The predicted octanol–water partition coefficient (Wildman–Crippen LogP) is 4.73. The Morgan fingerprint density at radius 3 is 2.50 bits per heavy atom. The van der Waals surface area contributed by atoms with E-state index >= 15 is 0 Å². The summed E-state index contributed by atoms with van der Waals surface area (Å²) in [7, 11) is 1.67. The van der Waals surface area contributed by atoms with Gasteiger partial charge in [0.2, 0.25) is 0 Å². The van der Waals surface area contributed by atoms with Gasteiger partial charge >= 0.3 is 0 Å². The minimum absolute atomic E-state index is 0.604. The van der Waals surface area contributed by atoms with Crippen LogP contribution in [0.3, 0.4) is 0 Å². The molecule has 0 aliphatic heterocycles. The zero-order valence-corrected chi connectivity index (χ0v) is 12.6. The Hall–Kier alpha value is -1.83. The van der Waals surface area contributed by atoms with Crippen LogP contribution in [0.4, 0.5) is 0 Å². The van der Waals surface area contributed by atoms with Gasteiger partial charge in [-0.25, -0.2) is 0 Å². The summed E-state index contributed by atoms with van der Waals surface area (Å²) in [6.07, 6.45) is 6.83. The Kier molecular flexibility index (Phi) is 4.78. The summed E-state index contributed by atoms with van der Waals surface area (Å²) in [6, 6.07) is 7.83. The summed E-state index contributed by atoms with van der Waals surface area (Å²) in [5.74, 6) is 2.30. The largest absolute Gasteiger partial charge is 0.497 e. The highest BCUT2D eigenvalue weighted by Gasteiger charge is 2.29. The van der Waals surface area contributed by atoms with Crippen molar-refractivity contribution in [3.05, 3.63) is 48.1 Å². The van der Waals surface area contributed by atoms with Gasteiger partial charge in [-0.05, 0) is 67.0 Å². The van der Waals surface area contributed by atoms with Crippen molar-refractivity contribution >= 4 is 11.9 Å². The highest BCUT2D eigenvalue weighted by molar-refractivity contribution is 5.84. The van der Waals surface area contributed by atoms with E-state index in [0.717, 1.165) is 22.9 Å². The number of methoxy groups -OCH3 is 1. The summed E-state index contributed by atoms with van der Waals surface area (Å²) >= 11 is 0. The molecule has 0 N–H and O–H groups in total. The zero-order chi connectivity index (χ0) is 14.5. The maximum atomic E-state index is 5.15. The van der Waals surface area contributed by atoms with E-state index in [9.17, 15) is 0 Å². The van der Waals surface area contributed by atoms with Crippen LogP contribution < -0.4 is 4.74 Å². The van der Waals surface area contributed by atoms with E-state index in [1.807, 2.05) is 30.5 Å². The van der Waals surface area contributed by atoms with Crippen LogP contribution in [0.1, 0.15) is 32.3 Å². The predicted molar refractivity (Wildman–Crippen MR) is 86.2 cm³/mol. The molecule has 1 unspecified atom stereocenters. The van der Waals surface area contributed by atoms with Crippen LogP contribution in [-0.4, -0.2) is 13.3 Å². The Bertz CT molecular complexity index is 521. The molecule has 0 heterocycles. The smallest absolute Gasteiger partial charge is 0.118 e. The van der Waals surface area contributed by atoms with E-state index < -0.39 is 0 Å². The molecule has 1 aliphatic rings. The van der Waals surface area contributed by atoms with Crippen molar-refractivity contribution in [3.63, 3.8) is 0 Å². The van der Waals surface area contributed by atoms with Crippen LogP contribution in [0, 0.1) is 11.8 Å². The average molecular weight is 269 g/mol. The van der Waals surface area contributed by atoms with Crippen LogP contribution >= 0.6 is 0 Å². The molecule has 1 aromatic carbocycles. The summed E-state index contributed by atoms with van der Waals surface area (Å²) in [6.45, 7) is 8.41. The van der Waals surface area contributed by atoms with Crippen molar-refractivity contribution < 1.29 is 4.74 Å². The minimum atomic E-state index is 0.604. The molecule has 2 rings (SSSR count). The fourth-order valence-electron chi connectivity index (χ4n) is 2.33. The Balaban J connectivity index is 2.03. The molecule has 0 aromatic heterocycles. The molecule has 106 valence electrons. The highest BCUT2D eigenvalue weighted by atomic mass is 16.5. The van der Waals surface area contributed by atoms with E-state index in [-0.39, 0.29) is 0 Å². The van der Waals surface area contributed by atoms with Crippen LogP contribution in [-0.2, 0) is 0 Å². The van der Waals surface area contributed by atoms with Crippen molar-refractivity contribution in [3.8, 4) is 5.75 Å². The highest BCUT2D eigenvalue weighted by Crippen LogP contribution is 2.39. The molecule has 0 bridgehead atoms. The topological polar surface area (TPSA) is 21.6 Å². The van der Waals surface area contributed by atoms with Gasteiger partial charge in [0.15, 0.2) is 0 Å². The third kappa shape index (κ3) is 3.60. The SMILES string of the molecule is C=C(N=C/C(=C\C)C(C)C1CC1)c1ccc(OC)cc1. The lowest BCUT2D eigenvalue weighted by molar-refractivity contribution is 0.415. The van der Waals surface area contributed by atoms with E-state index in [2.05, 4.69) is 31.5 Å². The Morgan fingerprint density at radius 2 is 2.00 bits per heavy atom. The molecule has 2 nitrogen and oxygen atoms in total.